The summed E-state index contributed by atoms with van der Waals surface area (Å²) in [6.45, 7) is -0.0208. The zero-order chi connectivity index (χ0) is 18.8. The normalized spacial score (nSPS) is 11.0. The predicted octanol–water partition coefficient (Wildman–Crippen LogP) is 3.94. The monoisotopic (exact) mass is 360 g/mol. The molecule has 134 valence electrons. The lowest BCUT2D eigenvalue weighted by Gasteiger charge is -2.10. The van der Waals surface area contributed by atoms with Crippen molar-refractivity contribution in [2.75, 3.05) is 0 Å². The lowest BCUT2D eigenvalue weighted by molar-refractivity contribution is -0.144. The fraction of sp³-hybridized carbons (Fsp3) is 0.0909. The van der Waals surface area contributed by atoms with Gasteiger partial charge < -0.3 is 14.3 Å². The predicted molar refractivity (Wildman–Crippen MR) is 102 cm³/mol. The van der Waals surface area contributed by atoms with Crippen LogP contribution in [0.3, 0.4) is 0 Å². The second kappa shape index (κ2) is 6.96. The molecule has 0 bridgehead atoms. The summed E-state index contributed by atoms with van der Waals surface area (Å²) in [5.41, 5.74) is 1.32. The van der Waals surface area contributed by atoms with Gasteiger partial charge in [-0.05, 0) is 34.5 Å². The summed E-state index contributed by atoms with van der Waals surface area (Å²) < 4.78 is 10.7. The lowest BCUT2D eigenvalue weighted by Crippen LogP contribution is -2.10. The Balaban J connectivity index is 1.63. The van der Waals surface area contributed by atoms with Crippen LogP contribution in [-0.4, -0.2) is 11.1 Å². The Morgan fingerprint density at radius 2 is 1.78 bits per heavy atom. The van der Waals surface area contributed by atoms with Crippen LogP contribution in [0.5, 0.6) is 5.75 Å². The molecule has 0 spiro atoms. The minimum atomic E-state index is -0.484. The topological polar surface area (TPSA) is 76.7 Å². The van der Waals surface area contributed by atoms with Crippen LogP contribution < -0.4 is 5.63 Å². The second-order valence-corrected chi connectivity index (χ2v) is 6.25. The third-order valence-corrected chi connectivity index (χ3v) is 4.39. The molecule has 0 unspecified atom stereocenters. The Labute approximate surface area is 154 Å². The van der Waals surface area contributed by atoms with Gasteiger partial charge in [0.05, 0.1) is 6.42 Å². The van der Waals surface area contributed by atoms with E-state index in [1.165, 1.54) is 18.2 Å². The van der Waals surface area contributed by atoms with Crippen LogP contribution >= 0.6 is 0 Å². The second-order valence-electron chi connectivity index (χ2n) is 6.25. The first-order chi connectivity index (χ1) is 13.1. The van der Waals surface area contributed by atoms with Gasteiger partial charge in [0.25, 0.3) is 0 Å². The Kier molecular flexibility index (Phi) is 4.34. The highest BCUT2D eigenvalue weighted by Crippen LogP contribution is 2.27. The van der Waals surface area contributed by atoms with Crippen LogP contribution in [0.2, 0.25) is 0 Å². The van der Waals surface area contributed by atoms with E-state index in [9.17, 15) is 14.7 Å². The molecule has 3 aromatic carbocycles. The molecule has 0 aliphatic carbocycles. The summed E-state index contributed by atoms with van der Waals surface area (Å²) in [4.78, 5) is 24.0. The summed E-state index contributed by atoms with van der Waals surface area (Å²) in [6, 6.07) is 19.1. The first-order valence-corrected chi connectivity index (χ1v) is 8.48. The van der Waals surface area contributed by atoms with Crippen LogP contribution in [0, 0.1) is 0 Å². The zero-order valence-corrected chi connectivity index (χ0v) is 14.3. The van der Waals surface area contributed by atoms with Crippen LogP contribution in [0.25, 0.3) is 21.7 Å². The van der Waals surface area contributed by atoms with Crippen LogP contribution in [0.1, 0.15) is 11.1 Å². The van der Waals surface area contributed by atoms with Crippen molar-refractivity contribution in [2.45, 2.75) is 13.0 Å². The van der Waals surface area contributed by atoms with Crippen molar-refractivity contribution in [3.63, 3.8) is 0 Å². The number of ether oxygens (including phenoxy) is 1. The number of hydrogen-bond acceptors (Lipinski definition) is 5. The molecule has 0 aliphatic heterocycles. The molecule has 0 saturated heterocycles. The number of hydrogen-bond donors (Lipinski definition) is 1. The molecule has 27 heavy (non-hydrogen) atoms. The van der Waals surface area contributed by atoms with Crippen LogP contribution in [-0.2, 0) is 22.6 Å². The van der Waals surface area contributed by atoms with E-state index in [0.29, 0.717) is 11.1 Å². The van der Waals surface area contributed by atoms with E-state index in [0.717, 1.165) is 21.7 Å². The van der Waals surface area contributed by atoms with Crippen molar-refractivity contribution in [1.29, 1.82) is 0 Å². The fourth-order valence-corrected chi connectivity index (χ4v) is 3.12. The number of phenols is 1. The largest absolute Gasteiger partial charge is 0.508 e. The molecule has 0 fully saturated rings. The molecule has 0 atom stereocenters. The summed E-state index contributed by atoms with van der Waals surface area (Å²) in [6.07, 6.45) is 0.0837. The number of benzene rings is 3. The highest BCUT2D eigenvalue weighted by atomic mass is 16.5. The minimum Gasteiger partial charge on any atom is -0.508 e. The first-order valence-electron chi connectivity index (χ1n) is 8.48. The van der Waals surface area contributed by atoms with Gasteiger partial charge in [-0.3, -0.25) is 4.79 Å². The van der Waals surface area contributed by atoms with E-state index in [1.54, 1.807) is 18.2 Å². The molecule has 4 rings (SSSR count). The number of fused-ring (bicyclic) bond motifs is 3. The van der Waals surface area contributed by atoms with Crippen LogP contribution in [0.15, 0.2) is 75.9 Å². The Morgan fingerprint density at radius 3 is 2.59 bits per heavy atom. The molecule has 0 radical (unpaired) electrons. The first kappa shape index (κ1) is 16.8. The van der Waals surface area contributed by atoms with E-state index in [1.807, 2.05) is 30.3 Å². The van der Waals surface area contributed by atoms with E-state index in [4.69, 9.17) is 9.15 Å². The highest BCUT2D eigenvalue weighted by molar-refractivity contribution is 6.07. The number of phenolic OH excluding ortho intramolecular Hbond substituents is 1. The average Bonchev–Trinajstić information content (AvgIpc) is 2.67. The summed E-state index contributed by atoms with van der Waals surface area (Å²) >= 11 is 0. The maximum absolute atomic E-state index is 12.2. The van der Waals surface area contributed by atoms with Crippen molar-refractivity contribution in [1.82, 2.24) is 0 Å². The zero-order valence-electron chi connectivity index (χ0n) is 14.3. The molecule has 4 aromatic rings. The highest BCUT2D eigenvalue weighted by Gasteiger charge is 2.12. The molecule has 0 amide bonds. The van der Waals surface area contributed by atoms with Gasteiger partial charge in [-0.25, -0.2) is 4.79 Å². The summed E-state index contributed by atoms with van der Waals surface area (Å²) in [5.74, 6) is -0.274. The van der Waals surface area contributed by atoms with Gasteiger partial charge in [0, 0.05) is 17.0 Å². The van der Waals surface area contributed by atoms with E-state index < -0.39 is 11.6 Å². The van der Waals surface area contributed by atoms with E-state index in [2.05, 4.69) is 0 Å². The Morgan fingerprint density at radius 1 is 1.00 bits per heavy atom. The molecule has 5 heteroatoms. The van der Waals surface area contributed by atoms with Crippen LogP contribution in [0.4, 0.5) is 0 Å². The lowest BCUT2D eigenvalue weighted by atomic mass is 10.0. The third kappa shape index (κ3) is 3.53. The molecule has 0 saturated carbocycles. The summed E-state index contributed by atoms with van der Waals surface area (Å²) in [5, 5.41) is 12.0. The van der Waals surface area contributed by atoms with Gasteiger partial charge in [0.1, 0.15) is 17.9 Å². The fourth-order valence-electron chi connectivity index (χ4n) is 3.12. The maximum atomic E-state index is 12.2. The number of rotatable bonds is 4. The van der Waals surface area contributed by atoms with E-state index in [-0.39, 0.29) is 18.8 Å². The van der Waals surface area contributed by atoms with Crippen molar-refractivity contribution in [3.8, 4) is 5.75 Å². The number of aromatic hydroxyl groups is 1. The standard InChI is InChI=1S/C22H16O5/c23-17-8-5-14(6-9-17)11-20(24)26-13-16-12-21(25)27-19-10-7-15-3-1-2-4-18(15)22(16)19/h1-10,12,23H,11,13H2. The third-order valence-electron chi connectivity index (χ3n) is 4.39. The Hall–Kier alpha value is -3.60. The van der Waals surface area contributed by atoms with E-state index >= 15 is 0 Å². The van der Waals surface area contributed by atoms with Gasteiger partial charge in [-0.2, -0.15) is 0 Å². The van der Waals surface area contributed by atoms with Crippen molar-refractivity contribution in [3.05, 3.63) is 88.3 Å². The van der Waals surface area contributed by atoms with Gasteiger partial charge in [0.2, 0.25) is 0 Å². The molecule has 1 heterocycles. The molecule has 1 N–H and O–H groups in total. The Bertz CT molecular complexity index is 1190. The number of esters is 1. The van der Waals surface area contributed by atoms with Gasteiger partial charge in [0.15, 0.2) is 0 Å². The average molecular weight is 360 g/mol. The number of carbonyl (C=O) groups is 1. The summed E-state index contributed by atoms with van der Waals surface area (Å²) in [7, 11) is 0. The number of carbonyl (C=O) groups excluding carboxylic acids is 1. The van der Waals surface area contributed by atoms with Crippen molar-refractivity contribution in [2.24, 2.45) is 0 Å². The molecular formula is C22H16O5. The minimum absolute atomic E-state index is 0.0208. The maximum Gasteiger partial charge on any atom is 0.336 e. The molecule has 0 aliphatic rings. The molecule has 1 aromatic heterocycles. The van der Waals surface area contributed by atoms with Crippen molar-refractivity contribution < 1.29 is 19.1 Å². The molecule has 5 nitrogen and oxygen atoms in total. The van der Waals surface area contributed by atoms with Gasteiger partial charge in [-0.1, -0.05) is 42.5 Å². The smallest absolute Gasteiger partial charge is 0.336 e. The van der Waals surface area contributed by atoms with Gasteiger partial charge >= 0.3 is 11.6 Å². The van der Waals surface area contributed by atoms with Crippen molar-refractivity contribution >= 4 is 27.7 Å². The molecular weight excluding hydrogens is 344 g/mol. The quantitative estimate of drug-likeness (QED) is 0.339. The van der Waals surface area contributed by atoms with Gasteiger partial charge in [-0.15, -0.1) is 0 Å². The SMILES string of the molecule is O=C(Cc1ccc(O)cc1)OCc1cc(=O)oc2ccc3ccccc3c12.